The van der Waals surface area contributed by atoms with Crippen molar-refractivity contribution in [3.8, 4) is 5.75 Å². The molecule has 2 N–H and O–H groups in total. The van der Waals surface area contributed by atoms with Gasteiger partial charge in [0.2, 0.25) is 5.91 Å². The quantitative estimate of drug-likeness (QED) is 0.892. The first-order valence-corrected chi connectivity index (χ1v) is 7.57. The third-order valence-electron chi connectivity index (χ3n) is 3.65. The zero-order valence-electron chi connectivity index (χ0n) is 11.2. The first-order valence-electron chi connectivity index (χ1n) is 6.69. The van der Waals surface area contributed by atoms with Crippen LogP contribution in [-0.2, 0) is 11.2 Å². The Morgan fingerprint density at radius 1 is 1.50 bits per heavy atom. The summed E-state index contributed by atoms with van der Waals surface area (Å²) in [5.41, 5.74) is 2.77. The molecule has 0 saturated carbocycles. The molecule has 0 unspecified atom stereocenters. The molecule has 0 aliphatic heterocycles. The summed E-state index contributed by atoms with van der Waals surface area (Å²) in [5.74, 6) is 0.0612. The Morgan fingerprint density at radius 3 is 3.10 bits per heavy atom. The number of carbonyl (C=O) groups is 1. The second-order valence-electron chi connectivity index (χ2n) is 5.07. The lowest BCUT2D eigenvalue weighted by molar-refractivity contribution is -0.117. The van der Waals surface area contributed by atoms with Gasteiger partial charge in [-0.05, 0) is 43.4 Å². The SMILES string of the molecule is Cc1csc(NC(=O)[C@H]2CCCc3c(O)cccc32)n1. The molecule has 0 fully saturated rings. The number of rotatable bonds is 2. The molecule has 1 heterocycles. The first-order chi connectivity index (χ1) is 9.65. The van der Waals surface area contributed by atoms with Gasteiger partial charge in [0, 0.05) is 5.38 Å². The smallest absolute Gasteiger partial charge is 0.233 e. The number of nitrogens with zero attached hydrogens (tertiary/aromatic N) is 1. The predicted octanol–water partition coefficient (Wildman–Crippen LogP) is 3.22. The van der Waals surface area contributed by atoms with Gasteiger partial charge >= 0.3 is 0 Å². The maximum absolute atomic E-state index is 12.4. The number of aromatic nitrogens is 1. The maximum atomic E-state index is 12.4. The summed E-state index contributed by atoms with van der Waals surface area (Å²) in [7, 11) is 0. The number of aromatic hydroxyl groups is 1. The number of hydrogen-bond donors (Lipinski definition) is 2. The lowest BCUT2D eigenvalue weighted by Gasteiger charge is -2.24. The van der Waals surface area contributed by atoms with Gasteiger partial charge in [0.25, 0.3) is 0 Å². The van der Waals surface area contributed by atoms with E-state index < -0.39 is 0 Å². The van der Waals surface area contributed by atoms with E-state index in [4.69, 9.17) is 0 Å². The summed E-state index contributed by atoms with van der Waals surface area (Å²) >= 11 is 1.43. The van der Waals surface area contributed by atoms with Crippen LogP contribution in [0.25, 0.3) is 0 Å². The van der Waals surface area contributed by atoms with Crippen LogP contribution in [0.3, 0.4) is 0 Å². The number of phenols is 1. The molecule has 1 amide bonds. The molecule has 1 atom stereocenters. The number of benzene rings is 1. The second kappa shape index (κ2) is 5.25. The van der Waals surface area contributed by atoms with E-state index in [1.807, 2.05) is 18.4 Å². The third kappa shape index (κ3) is 2.41. The van der Waals surface area contributed by atoms with Gasteiger partial charge in [-0.15, -0.1) is 11.3 Å². The Bertz CT molecular complexity index is 651. The molecule has 0 bridgehead atoms. The summed E-state index contributed by atoms with van der Waals surface area (Å²) in [5, 5.41) is 15.3. The predicted molar refractivity (Wildman–Crippen MR) is 79.3 cm³/mol. The number of fused-ring (bicyclic) bond motifs is 1. The zero-order chi connectivity index (χ0) is 14.1. The highest BCUT2D eigenvalue weighted by Crippen LogP contribution is 2.36. The van der Waals surface area contributed by atoms with Gasteiger partial charge in [-0.25, -0.2) is 4.98 Å². The van der Waals surface area contributed by atoms with Crippen molar-refractivity contribution in [2.24, 2.45) is 0 Å². The van der Waals surface area contributed by atoms with Crippen molar-refractivity contribution < 1.29 is 9.90 Å². The molecular weight excluding hydrogens is 272 g/mol. The summed E-state index contributed by atoms with van der Waals surface area (Å²) in [6.45, 7) is 1.90. The van der Waals surface area contributed by atoms with Crippen LogP contribution in [0.1, 0.15) is 35.6 Å². The van der Waals surface area contributed by atoms with Crippen molar-refractivity contribution in [3.63, 3.8) is 0 Å². The number of phenolic OH excluding ortho intramolecular Hbond substituents is 1. The van der Waals surface area contributed by atoms with E-state index in [9.17, 15) is 9.90 Å². The summed E-state index contributed by atoms with van der Waals surface area (Å²) in [6, 6.07) is 5.42. The van der Waals surface area contributed by atoms with E-state index in [0.717, 1.165) is 36.1 Å². The zero-order valence-corrected chi connectivity index (χ0v) is 12.0. The standard InChI is InChI=1S/C15H16N2O2S/c1-9-8-20-15(16-9)17-14(19)12-6-2-5-11-10(12)4-3-7-13(11)18/h3-4,7-8,12,18H,2,5-6H2,1H3,(H,16,17,19)/t12-/m0/s1. The van der Waals surface area contributed by atoms with E-state index in [-0.39, 0.29) is 11.8 Å². The highest BCUT2D eigenvalue weighted by molar-refractivity contribution is 7.13. The molecule has 4 nitrogen and oxygen atoms in total. The van der Waals surface area contributed by atoms with Crippen LogP contribution in [-0.4, -0.2) is 16.0 Å². The van der Waals surface area contributed by atoms with E-state index in [2.05, 4.69) is 10.3 Å². The van der Waals surface area contributed by atoms with Gasteiger partial charge in [-0.3, -0.25) is 4.79 Å². The van der Waals surface area contributed by atoms with Crippen molar-refractivity contribution in [3.05, 3.63) is 40.4 Å². The molecule has 20 heavy (non-hydrogen) atoms. The minimum atomic E-state index is -0.199. The van der Waals surface area contributed by atoms with E-state index in [1.54, 1.807) is 12.1 Å². The van der Waals surface area contributed by atoms with Crippen molar-refractivity contribution in [1.29, 1.82) is 0 Å². The fraction of sp³-hybridized carbons (Fsp3) is 0.333. The number of nitrogens with one attached hydrogen (secondary N) is 1. The molecule has 1 aromatic heterocycles. The lowest BCUT2D eigenvalue weighted by atomic mass is 9.82. The lowest BCUT2D eigenvalue weighted by Crippen LogP contribution is -2.24. The fourth-order valence-electron chi connectivity index (χ4n) is 2.71. The minimum absolute atomic E-state index is 0.0362. The molecule has 2 aromatic rings. The summed E-state index contributed by atoms with van der Waals surface area (Å²) < 4.78 is 0. The average molecular weight is 288 g/mol. The van der Waals surface area contributed by atoms with Crippen molar-refractivity contribution in [2.75, 3.05) is 5.32 Å². The number of hydrogen-bond acceptors (Lipinski definition) is 4. The first kappa shape index (κ1) is 13.1. The third-order valence-corrected chi connectivity index (χ3v) is 4.52. The van der Waals surface area contributed by atoms with Crippen LogP contribution in [0.5, 0.6) is 5.75 Å². The number of aryl methyl sites for hydroxylation is 1. The molecule has 5 heteroatoms. The van der Waals surface area contributed by atoms with Gasteiger partial charge < -0.3 is 10.4 Å². The van der Waals surface area contributed by atoms with Gasteiger partial charge in [-0.2, -0.15) is 0 Å². The molecule has 0 saturated heterocycles. The number of amides is 1. The average Bonchev–Trinajstić information content (AvgIpc) is 2.84. The maximum Gasteiger partial charge on any atom is 0.233 e. The largest absolute Gasteiger partial charge is 0.508 e. The molecule has 1 aliphatic rings. The number of thiazole rings is 1. The van der Waals surface area contributed by atoms with Crippen LogP contribution in [0, 0.1) is 6.92 Å². The van der Waals surface area contributed by atoms with Crippen LogP contribution in [0.2, 0.25) is 0 Å². The molecule has 0 spiro atoms. The van der Waals surface area contributed by atoms with Crippen molar-refractivity contribution in [1.82, 2.24) is 4.98 Å². The minimum Gasteiger partial charge on any atom is -0.508 e. The Labute approximate surface area is 121 Å². The normalized spacial score (nSPS) is 17.6. The van der Waals surface area contributed by atoms with Gasteiger partial charge in [0.1, 0.15) is 5.75 Å². The number of anilines is 1. The van der Waals surface area contributed by atoms with Gasteiger partial charge in [0.05, 0.1) is 11.6 Å². The Hall–Kier alpha value is -1.88. The van der Waals surface area contributed by atoms with Crippen LogP contribution >= 0.6 is 11.3 Å². The Kier molecular flexibility index (Phi) is 3.44. The van der Waals surface area contributed by atoms with Gasteiger partial charge in [0.15, 0.2) is 5.13 Å². The monoisotopic (exact) mass is 288 g/mol. The Morgan fingerprint density at radius 2 is 2.35 bits per heavy atom. The summed E-state index contributed by atoms with van der Waals surface area (Å²) in [6.07, 6.45) is 2.56. The fourth-order valence-corrected chi connectivity index (χ4v) is 3.40. The highest BCUT2D eigenvalue weighted by Gasteiger charge is 2.28. The molecule has 3 rings (SSSR count). The highest BCUT2D eigenvalue weighted by atomic mass is 32.1. The van der Waals surface area contributed by atoms with E-state index >= 15 is 0 Å². The molecule has 0 radical (unpaired) electrons. The molecular formula is C15H16N2O2S. The topological polar surface area (TPSA) is 62.2 Å². The Balaban J connectivity index is 1.85. The van der Waals surface area contributed by atoms with E-state index in [1.165, 1.54) is 11.3 Å². The van der Waals surface area contributed by atoms with Crippen LogP contribution in [0.15, 0.2) is 23.6 Å². The number of carbonyl (C=O) groups excluding carboxylic acids is 1. The molecule has 1 aromatic carbocycles. The molecule has 1 aliphatic carbocycles. The van der Waals surface area contributed by atoms with Gasteiger partial charge in [-0.1, -0.05) is 12.1 Å². The van der Waals surface area contributed by atoms with Crippen molar-refractivity contribution >= 4 is 22.4 Å². The van der Waals surface area contributed by atoms with Crippen molar-refractivity contribution in [2.45, 2.75) is 32.1 Å². The molecule has 104 valence electrons. The van der Waals surface area contributed by atoms with E-state index in [0.29, 0.717) is 10.9 Å². The second-order valence-corrected chi connectivity index (χ2v) is 5.93. The summed E-state index contributed by atoms with van der Waals surface area (Å²) in [4.78, 5) is 16.7. The van der Waals surface area contributed by atoms with Crippen LogP contribution in [0.4, 0.5) is 5.13 Å². The van der Waals surface area contributed by atoms with Crippen LogP contribution < -0.4 is 5.32 Å².